The van der Waals surface area contributed by atoms with Crippen LogP contribution in [-0.2, 0) is 16.1 Å². The first kappa shape index (κ1) is 31.9. The molecule has 2 aromatic carbocycles. The Labute approximate surface area is 245 Å². The summed E-state index contributed by atoms with van der Waals surface area (Å²) in [5, 5.41) is 6.19. The van der Waals surface area contributed by atoms with Gasteiger partial charge in [0.05, 0.1) is 12.6 Å². The Morgan fingerprint density at radius 2 is 1.70 bits per heavy atom. The predicted octanol–water partition coefficient (Wildman–Crippen LogP) is 6.16. The Morgan fingerprint density at radius 1 is 1.00 bits per heavy atom. The summed E-state index contributed by atoms with van der Waals surface area (Å²) in [7, 11) is 0. The maximum Gasteiger partial charge on any atom is 0.252 e. The van der Waals surface area contributed by atoms with Crippen LogP contribution in [0.5, 0.6) is 0 Å². The number of rotatable bonds is 9. The van der Waals surface area contributed by atoms with Crippen LogP contribution < -0.4 is 10.6 Å². The zero-order valence-electron chi connectivity index (χ0n) is 24.9. The zero-order valence-corrected chi connectivity index (χ0v) is 25.7. The maximum absolute atomic E-state index is 13.8. The molecule has 2 aromatic rings. The van der Waals surface area contributed by atoms with Gasteiger partial charge in [0, 0.05) is 29.3 Å². The van der Waals surface area contributed by atoms with Crippen LogP contribution in [-0.4, -0.2) is 52.9 Å². The number of carbonyl (C=O) groups excluding carboxylic acids is 3. The second-order valence-electron chi connectivity index (χ2n) is 11.3. The number of Topliss-reactive ketones (excluding diaryl/α,β-unsaturated/α-hetero) is 1. The summed E-state index contributed by atoms with van der Waals surface area (Å²) in [6.07, 6.45) is 4.52. The fraction of sp³-hybridized carbons (Fsp3) is 0.545. The van der Waals surface area contributed by atoms with Gasteiger partial charge >= 0.3 is 0 Å². The van der Waals surface area contributed by atoms with E-state index < -0.39 is 11.6 Å². The lowest BCUT2D eigenvalue weighted by Crippen LogP contribution is -2.62. The second kappa shape index (κ2) is 15.4. The van der Waals surface area contributed by atoms with E-state index in [9.17, 15) is 14.4 Å². The molecule has 7 heteroatoms. The molecule has 1 fully saturated rings. The van der Waals surface area contributed by atoms with E-state index in [4.69, 9.17) is 0 Å². The molecular weight excluding hydrogens is 518 g/mol. The molecule has 1 aliphatic heterocycles. The smallest absolute Gasteiger partial charge is 0.252 e. The van der Waals surface area contributed by atoms with Crippen molar-refractivity contribution >= 4 is 29.4 Å². The third-order valence-electron chi connectivity index (χ3n) is 7.59. The molecule has 0 radical (unpaired) electrons. The highest BCUT2D eigenvalue weighted by Gasteiger charge is 2.42. The molecule has 2 aliphatic rings. The fourth-order valence-electron chi connectivity index (χ4n) is 5.48. The average molecular weight is 566 g/mol. The van der Waals surface area contributed by atoms with Gasteiger partial charge < -0.3 is 10.6 Å². The molecule has 0 spiro atoms. The number of nitrogens with zero attached hydrogens (tertiary/aromatic N) is 1. The zero-order chi connectivity index (χ0) is 29.1. The van der Waals surface area contributed by atoms with E-state index in [1.807, 2.05) is 43.8 Å². The summed E-state index contributed by atoms with van der Waals surface area (Å²) >= 11 is 1.84. The first-order valence-corrected chi connectivity index (χ1v) is 15.9. The molecule has 218 valence electrons. The van der Waals surface area contributed by atoms with Gasteiger partial charge in [0.2, 0.25) is 5.91 Å². The van der Waals surface area contributed by atoms with Crippen LogP contribution in [0.25, 0.3) is 0 Å². The molecule has 2 amide bonds. The average Bonchev–Trinajstić information content (AvgIpc) is 3.15. The Balaban J connectivity index is 0.00000216. The molecule has 0 aromatic heterocycles. The number of thioether (sulfide) groups is 1. The quantitative estimate of drug-likeness (QED) is 0.381. The van der Waals surface area contributed by atoms with Crippen molar-refractivity contribution in [3.05, 3.63) is 65.2 Å². The van der Waals surface area contributed by atoms with Crippen molar-refractivity contribution in [3.63, 3.8) is 0 Å². The monoisotopic (exact) mass is 565 g/mol. The number of nitrogens with one attached hydrogen (secondary N) is 2. The summed E-state index contributed by atoms with van der Waals surface area (Å²) < 4.78 is 0. The minimum atomic E-state index is -0.989. The van der Waals surface area contributed by atoms with Gasteiger partial charge in [-0.1, -0.05) is 77.3 Å². The van der Waals surface area contributed by atoms with E-state index in [1.165, 1.54) is 16.0 Å². The molecule has 2 N–H and O–H groups in total. The van der Waals surface area contributed by atoms with Crippen LogP contribution in [0.2, 0.25) is 0 Å². The number of fused-ring (bicyclic) bond motifs is 1. The van der Waals surface area contributed by atoms with Crippen LogP contribution in [0.1, 0.15) is 87.7 Å². The number of amides is 2. The van der Waals surface area contributed by atoms with E-state index >= 15 is 0 Å². The number of aryl methyl sites for hydroxylation is 1. The molecule has 1 saturated carbocycles. The van der Waals surface area contributed by atoms with Crippen molar-refractivity contribution in [2.24, 2.45) is 5.92 Å². The van der Waals surface area contributed by atoms with Gasteiger partial charge in [-0.3, -0.25) is 19.3 Å². The standard InChI is InChI=1S/C31H41N3O3S.C2H6/c1-22(2)18-26(27(35)21-34-16-17-38-28-19-23(3)12-13-25(28)20-34)32-30(37)31(14-8-5-9-15-31)33-29(36)24-10-6-4-7-11-24;1-2/h4,6-7,10-13,19,22,26H,5,8-9,14-18,20-21H2,1-3H3,(H,32,37)(H,33,36);1-2H3/t26-;/m0./s1. The maximum atomic E-state index is 13.8. The molecule has 0 bridgehead atoms. The van der Waals surface area contributed by atoms with Crippen molar-refractivity contribution in [2.75, 3.05) is 18.8 Å². The van der Waals surface area contributed by atoms with Crippen molar-refractivity contribution in [1.29, 1.82) is 0 Å². The molecular formula is C33H47N3O3S. The number of hydrogen-bond acceptors (Lipinski definition) is 5. The molecule has 1 aliphatic carbocycles. The minimum absolute atomic E-state index is 0.0351. The van der Waals surface area contributed by atoms with Crippen LogP contribution in [0, 0.1) is 12.8 Å². The van der Waals surface area contributed by atoms with E-state index in [-0.39, 0.29) is 23.5 Å². The molecule has 40 heavy (non-hydrogen) atoms. The number of benzene rings is 2. The summed E-state index contributed by atoms with van der Waals surface area (Å²) in [4.78, 5) is 44.0. The van der Waals surface area contributed by atoms with Crippen LogP contribution in [0.3, 0.4) is 0 Å². The van der Waals surface area contributed by atoms with Gasteiger partial charge in [-0.05, 0) is 61.4 Å². The first-order chi connectivity index (χ1) is 19.3. The van der Waals surface area contributed by atoms with Crippen molar-refractivity contribution in [2.45, 2.75) is 96.2 Å². The van der Waals surface area contributed by atoms with Gasteiger partial charge in [0.1, 0.15) is 5.54 Å². The topological polar surface area (TPSA) is 78.5 Å². The lowest BCUT2D eigenvalue weighted by Gasteiger charge is -2.38. The number of hydrogen-bond donors (Lipinski definition) is 2. The lowest BCUT2D eigenvalue weighted by atomic mass is 9.80. The Morgan fingerprint density at radius 3 is 2.38 bits per heavy atom. The molecule has 0 saturated heterocycles. The first-order valence-electron chi connectivity index (χ1n) is 14.9. The number of ketones is 1. The fourth-order valence-corrected chi connectivity index (χ4v) is 6.64. The van der Waals surface area contributed by atoms with Crippen LogP contribution >= 0.6 is 11.8 Å². The predicted molar refractivity (Wildman–Crippen MR) is 165 cm³/mol. The molecule has 6 nitrogen and oxygen atoms in total. The third kappa shape index (κ3) is 8.68. The van der Waals surface area contributed by atoms with E-state index in [1.54, 1.807) is 12.1 Å². The van der Waals surface area contributed by atoms with Crippen molar-refractivity contribution in [3.8, 4) is 0 Å². The summed E-state index contributed by atoms with van der Waals surface area (Å²) in [5.41, 5.74) is 2.04. The highest BCUT2D eigenvalue weighted by molar-refractivity contribution is 7.99. The summed E-state index contributed by atoms with van der Waals surface area (Å²) in [6.45, 7) is 12.1. The largest absolute Gasteiger partial charge is 0.344 e. The molecule has 0 unspecified atom stereocenters. The summed E-state index contributed by atoms with van der Waals surface area (Å²) in [6, 6.07) is 15.0. The highest BCUT2D eigenvalue weighted by Crippen LogP contribution is 2.30. The van der Waals surface area contributed by atoms with Crippen molar-refractivity contribution < 1.29 is 14.4 Å². The second-order valence-corrected chi connectivity index (χ2v) is 12.4. The Hall–Kier alpha value is -2.64. The Bertz CT molecular complexity index is 1130. The van der Waals surface area contributed by atoms with Gasteiger partial charge in [0.25, 0.3) is 5.91 Å². The van der Waals surface area contributed by atoms with Gasteiger partial charge in [0.15, 0.2) is 5.78 Å². The molecule has 1 atom stereocenters. The third-order valence-corrected chi connectivity index (χ3v) is 8.67. The Kier molecular flexibility index (Phi) is 12.3. The normalized spacial score (nSPS) is 17.4. The highest BCUT2D eigenvalue weighted by atomic mass is 32.2. The SMILES string of the molecule is CC.Cc1ccc2c(c1)SCCN(CC(=O)[C@H](CC(C)C)NC(=O)C1(NC(=O)c3ccccc3)CCCCC1)C2. The van der Waals surface area contributed by atoms with E-state index in [2.05, 4.69) is 54.5 Å². The van der Waals surface area contributed by atoms with Gasteiger partial charge in [-0.15, -0.1) is 11.8 Å². The summed E-state index contributed by atoms with van der Waals surface area (Å²) in [5.74, 6) is 0.736. The van der Waals surface area contributed by atoms with E-state index in [0.717, 1.165) is 38.1 Å². The number of carbonyl (C=O) groups is 3. The van der Waals surface area contributed by atoms with Gasteiger partial charge in [-0.25, -0.2) is 0 Å². The lowest BCUT2D eigenvalue weighted by molar-refractivity contribution is -0.133. The van der Waals surface area contributed by atoms with Gasteiger partial charge in [-0.2, -0.15) is 0 Å². The molecule has 4 rings (SSSR count). The molecule has 1 heterocycles. The van der Waals surface area contributed by atoms with Crippen LogP contribution in [0.15, 0.2) is 53.4 Å². The van der Waals surface area contributed by atoms with Crippen molar-refractivity contribution in [1.82, 2.24) is 15.5 Å². The minimum Gasteiger partial charge on any atom is -0.344 e. The van der Waals surface area contributed by atoms with E-state index in [0.29, 0.717) is 31.4 Å². The van der Waals surface area contributed by atoms with Crippen LogP contribution in [0.4, 0.5) is 0 Å².